The van der Waals surface area contributed by atoms with Gasteiger partial charge in [0, 0.05) is 6.04 Å². The van der Waals surface area contributed by atoms with Crippen LogP contribution in [-0.2, 0) is 0 Å². The molecule has 0 radical (unpaired) electrons. The van der Waals surface area contributed by atoms with Crippen LogP contribution >= 0.6 is 11.6 Å². The molecule has 17 heavy (non-hydrogen) atoms. The van der Waals surface area contributed by atoms with E-state index in [1.165, 1.54) is 6.42 Å². The van der Waals surface area contributed by atoms with Gasteiger partial charge in [-0.05, 0) is 36.8 Å². The Morgan fingerprint density at radius 2 is 2.18 bits per heavy atom. The third kappa shape index (κ3) is 2.70. The number of anilines is 1. The molecule has 3 unspecified atom stereocenters. The van der Waals surface area contributed by atoms with Gasteiger partial charge in [0.2, 0.25) is 0 Å². The van der Waals surface area contributed by atoms with Crippen molar-refractivity contribution in [1.29, 1.82) is 5.26 Å². The smallest absolute Gasteiger partial charge is 0.132 e. The zero-order valence-electron chi connectivity index (χ0n) is 10.1. The van der Waals surface area contributed by atoms with Crippen LogP contribution in [0.4, 0.5) is 5.82 Å². The first-order chi connectivity index (χ1) is 8.10. The van der Waals surface area contributed by atoms with Gasteiger partial charge in [-0.3, -0.25) is 0 Å². The van der Waals surface area contributed by atoms with Crippen LogP contribution in [-0.4, -0.2) is 11.0 Å². The van der Waals surface area contributed by atoms with E-state index in [1.807, 2.05) is 0 Å². The van der Waals surface area contributed by atoms with E-state index in [1.54, 1.807) is 12.1 Å². The minimum absolute atomic E-state index is 0.366. The number of nitrogens with one attached hydrogen (secondary N) is 1. The Morgan fingerprint density at radius 3 is 2.76 bits per heavy atom. The summed E-state index contributed by atoms with van der Waals surface area (Å²) in [5, 5.41) is 12.6. The number of pyridine rings is 1. The Kier molecular flexibility index (Phi) is 3.54. The standard InChI is InChI=1S/C13H16ClN3/c1-8-3-4-11(9(8)2)16-13-6-10(7-15)5-12(14)17-13/h5-6,8-9,11H,3-4H2,1-2H3,(H,16,17). The quantitative estimate of drug-likeness (QED) is 0.817. The summed E-state index contributed by atoms with van der Waals surface area (Å²) >= 11 is 5.88. The molecule has 1 aromatic rings. The van der Waals surface area contributed by atoms with Gasteiger partial charge in [-0.1, -0.05) is 25.4 Å². The van der Waals surface area contributed by atoms with Gasteiger partial charge in [-0.25, -0.2) is 4.98 Å². The first-order valence-electron chi connectivity index (χ1n) is 5.94. The molecule has 3 nitrogen and oxygen atoms in total. The van der Waals surface area contributed by atoms with Crippen molar-refractivity contribution < 1.29 is 0 Å². The summed E-state index contributed by atoms with van der Waals surface area (Å²) < 4.78 is 0. The highest BCUT2D eigenvalue weighted by molar-refractivity contribution is 6.29. The third-order valence-corrected chi connectivity index (χ3v) is 3.92. The van der Waals surface area contributed by atoms with Gasteiger partial charge >= 0.3 is 0 Å². The minimum Gasteiger partial charge on any atom is -0.367 e. The average molecular weight is 250 g/mol. The molecule has 2 rings (SSSR count). The van der Waals surface area contributed by atoms with Crippen molar-refractivity contribution in [2.75, 3.05) is 5.32 Å². The van der Waals surface area contributed by atoms with Gasteiger partial charge < -0.3 is 5.32 Å². The van der Waals surface area contributed by atoms with Crippen LogP contribution in [0.25, 0.3) is 0 Å². The summed E-state index contributed by atoms with van der Waals surface area (Å²) in [4.78, 5) is 4.21. The van der Waals surface area contributed by atoms with E-state index in [-0.39, 0.29) is 0 Å². The molecule has 1 heterocycles. The summed E-state index contributed by atoms with van der Waals surface area (Å²) in [5.74, 6) is 2.07. The third-order valence-electron chi connectivity index (χ3n) is 3.72. The molecule has 1 N–H and O–H groups in total. The summed E-state index contributed by atoms with van der Waals surface area (Å²) in [6.45, 7) is 4.53. The van der Waals surface area contributed by atoms with Crippen LogP contribution in [0, 0.1) is 23.2 Å². The zero-order valence-corrected chi connectivity index (χ0v) is 10.8. The maximum atomic E-state index is 8.88. The van der Waals surface area contributed by atoms with Crippen LogP contribution in [0.5, 0.6) is 0 Å². The van der Waals surface area contributed by atoms with E-state index in [4.69, 9.17) is 16.9 Å². The van der Waals surface area contributed by atoms with Gasteiger partial charge in [-0.2, -0.15) is 5.26 Å². The monoisotopic (exact) mass is 249 g/mol. The maximum absolute atomic E-state index is 8.88. The van der Waals surface area contributed by atoms with E-state index in [2.05, 4.69) is 30.2 Å². The molecular formula is C13H16ClN3. The Morgan fingerprint density at radius 1 is 1.41 bits per heavy atom. The zero-order chi connectivity index (χ0) is 12.4. The van der Waals surface area contributed by atoms with Crippen LogP contribution in [0.3, 0.4) is 0 Å². The fourth-order valence-corrected chi connectivity index (χ4v) is 2.60. The Hall–Kier alpha value is -1.27. The predicted molar refractivity (Wildman–Crippen MR) is 68.9 cm³/mol. The number of aromatic nitrogens is 1. The second-order valence-electron chi connectivity index (χ2n) is 4.84. The van der Waals surface area contributed by atoms with E-state index in [0.717, 1.165) is 12.3 Å². The van der Waals surface area contributed by atoms with Crippen molar-refractivity contribution in [3.05, 3.63) is 22.8 Å². The van der Waals surface area contributed by atoms with Crippen LogP contribution in [0.1, 0.15) is 32.3 Å². The highest BCUT2D eigenvalue weighted by Crippen LogP contribution is 2.33. The van der Waals surface area contributed by atoms with E-state index < -0.39 is 0 Å². The lowest BCUT2D eigenvalue weighted by Gasteiger charge is -2.20. The van der Waals surface area contributed by atoms with E-state index >= 15 is 0 Å². The molecule has 0 saturated heterocycles. The number of halogens is 1. The Labute approximate surface area is 107 Å². The van der Waals surface area contributed by atoms with Crippen LogP contribution < -0.4 is 5.32 Å². The maximum Gasteiger partial charge on any atom is 0.132 e. The van der Waals surface area contributed by atoms with Crippen LogP contribution in [0.15, 0.2) is 12.1 Å². The molecule has 4 heteroatoms. The van der Waals surface area contributed by atoms with Gasteiger partial charge in [0.05, 0.1) is 11.6 Å². The molecule has 0 spiro atoms. The first kappa shape index (κ1) is 12.2. The predicted octanol–water partition coefficient (Wildman–Crippen LogP) is 3.45. The van der Waals surface area contributed by atoms with Crippen molar-refractivity contribution >= 4 is 17.4 Å². The molecule has 1 saturated carbocycles. The largest absolute Gasteiger partial charge is 0.367 e. The lowest BCUT2D eigenvalue weighted by atomic mass is 9.98. The topological polar surface area (TPSA) is 48.7 Å². The summed E-state index contributed by atoms with van der Waals surface area (Å²) in [6, 6.07) is 5.85. The lowest BCUT2D eigenvalue weighted by molar-refractivity contribution is 0.435. The first-order valence-corrected chi connectivity index (χ1v) is 6.32. The molecule has 1 aliphatic carbocycles. The van der Waals surface area contributed by atoms with Crippen molar-refractivity contribution in [1.82, 2.24) is 4.98 Å². The van der Waals surface area contributed by atoms with Gasteiger partial charge in [0.25, 0.3) is 0 Å². The van der Waals surface area contributed by atoms with Gasteiger partial charge in [-0.15, -0.1) is 0 Å². The highest BCUT2D eigenvalue weighted by Gasteiger charge is 2.29. The number of hydrogen-bond acceptors (Lipinski definition) is 3. The summed E-state index contributed by atoms with van der Waals surface area (Å²) in [7, 11) is 0. The molecule has 90 valence electrons. The summed E-state index contributed by atoms with van der Waals surface area (Å²) in [6.07, 6.45) is 2.39. The Bertz CT molecular complexity index is 452. The Balaban J connectivity index is 2.14. The number of nitrogens with zero attached hydrogens (tertiary/aromatic N) is 2. The lowest BCUT2D eigenvalue weighted by Crippen LogP contribution is -2.24. The molecule has 0 aliphatic heterocycles. The van der Waals surface area contributed by atoms with Crippen molar-refractivity contribution in [2.45, 2.75) is 32.7 Å². The molecule has 1 fully saturated rings. The molecule has 1 aromatic heterocycles. The fourth-order valence-electron chi connectivity index (χ4n) is 2.39. The van der Waals surface area contributed by atoms with Crippen molar-refractivity contribution in [3.8, 4) is 6.07 Å². The molecule has 0 aromatic carbocycles. The number of rotatable bonds is 2. The van der Waals surface area contributed by atoms with Gasteiger partial charge in [0.1, 0.15) is 11.0 Å². The van der Waals surface area contributed by atoms with Crippen molar-refractivity contribution in [2.24, 2.45) is 11.8 Å². The molecule has 1 aliphatic rings. The normalized spacial score (nSPS) is 27.8. The minimum atomic E-state index is 0.366. The second kappa shape index (κ2) is 4.93. The van der Waals surface area contributed by atoms with E-state index in [0.29, 0.717) is 28.5 Å². The SMILES string of the molecule is CC1CCC(Nc2cc(C#N)cc(Cl)n2)C1C. The van der Waals surface area contributed by atoms with Crippen LogP contribution in [0.2, 0.25) is 5.15 Å². The van der Waals surface area contributed by atoms with Crippen molar-refractivity contribution in [3.63, 3.8) is 0 Å². The average Bonchev–Trinajstić information content (AvgIpc) is 2.60. The van der Waals surface area contributed by atoms with Gasteiger partial charge in [0.15, 0.2) is 0 Å². The fraction of sp³-hybridized carbons (Fsp3) is 0.538. The summed E-state index contributed by atoms with van der Waals surface area (Å²) in [5.41, 5.74) is 0.547. The van der Waals surface area contributed by atoms with E-state index in [9.17, 15) is 0 Å². The number of hydrogen-bond donors (Lipinski definition) is 1. The number of nitriles is 1. The molecule has 3 atom stereocenters. The highest BCUT2D eigenvalue weighted by atomic mass is 35.5. The molecule has 0 amide bonds. The molecule has 0 bridgehead atoms. The molecular weight excluding hydrogens is 234 g/mol. The second-order valence-corrected chi connectivity index (χ2v) is 5.23.